The van der Waals surface area contributed by atoms with Crippen molar-refractivity contribution >= 4 is 34.9 Å². The van der Waals surface area contributed by atoms with Crippen LogP contribution in [0.3, 0.4) is 0 Å². The standard InChI is InChI=1S/C14H15BN2O3S/c1-9-5-6-12(13(15)7-9)14(18)17-10-3-2-4-11(8-10)21(16,19)20/h2-8H,15H2,1H3,(H,17,18)(H2,16,19,20). The van der Waals surface area contributed by atoms with Gasteiger partial charge in [0.1, 0.15) is 7.85 Å². The van der Waals surface area contributed by atoms with E-state index in [1.54, 1.807) is 12.1 Å². The van der Waals surface area contributed by atoms with Gasteiger partial charge in [0, 0.05) is 11.3 Å². The van der Waals surface area contributed by atoms with Gasteiger partial charge in [0.25, 0.3) is 5.91 Å². The third-order valence-electron chi connectivity index (χ3n) is 3.05. The van der Waals surface area contributed by atoms with Gasteiger partial charge < -0.3 is 5.32 Å². The number of anilines is 1. The van der Waals surface area contributed by atoms with Crippen LogP contribution in [0.25, 0.3) is 0 Å². The maximum absolute atomic E-state index is 12.2. The van der Waals surface area contributed by atoms with E-state index in [0.29, 0.717) is 11.3 Å². The molecule has 2 rings (SSSR count). The molecule has 0 unspecified atom stereocenters. The molecule has 0 saturated heterocycles. The van der Waals surface area contributed by atoms with Crippen LogP contribution in [-0.4, -0.2) is 22.2 Å². The van der Waals surface area contributed by atoms with Crippen LogP contribution < -0.4 is 15.9 Å². The maximum atomic E-state index is 12.2. The molecule has 0 aliphatic rings. The second-order valence-corrected chi connectivity index (χ2v) is 6.41. The summed E-state index contributed by atoms with van der Waals surface area (Å²) in [6, 6.07) is 11.3. The lowest BCUT2D eigenvalue weighted by Gasteiger charge is -2.09. The summed E-state index contributed by atoms with van der Waals surface area (Å²) < 4.78 is 22.6. The molecule has 21 heavy (non-hydrogen) atoms. The molecule has 2 aromatic rings. The minimum atomic E-state index is -3.79. The number of hydrogen-bond acceptors (Lipinski definition) is 3. The summed E-state index contributed by atoms with van der Waals surface area (Å²) in [4.78, 5) is 12.2. The summed E-state index contributed by atoms with van der Waals surface area (Å²) >= 11 is 0. The summed E-state index contributed by atoms with van der Waals surface area (Å²) in [5, 5.41) is 7.74. The van der Waals surface area contributed by atoms with Crippen molar-refractivity contribution in [2.24, 2.45) is 5.14 Å². The quantitative estimate of drug-likeness (QED) is 0.791. The highest BCUT2D eigenvalue weighted by atomic mass is 32.2. The Morgan fingerprint density at radius 2 is 1.90 bits per heavy atom. The Morgan fingerprint density at radius 1 is 1.19 bits per heavy atom. The van der Waals surface area contributed by atoms with E-state index in [1.807, 2.05) is 26.9 Å². The van der Waals surface area contributed by atoms with E-state index in [2.05, 4.69) is 5.32 Å². The molecule has 0 saturated carbocycles. The van der Waals surface area contributed by atoms with E-state index >= 15 is 0 Å². The Hall–Kier alpha value is -2.12. The normalized spacial score (nSPS) is 11.1. The van der Waals surface area contributed by atoms with Gasteiger partial charge in [-0.15, -0.1) is 0 Å². The van der Waals surface area contributed by atoms with Crippen molar-refractivity contribution in [2.75, 3.05) is 5.32 Å². The molecule has 5 nitrogen and oxygen atoms in total. The molecule has 0 bridgehead atoms. The molecular formula is C14H15BN2O3S. The van der Waals surface area contributed by atoms with Gasteiger partial charge in [-0.1, -0.05) is 29.2 Å². The van der Waals surface area contributed by atoms with Crippen molar-refractivity contribution < 1.29 is 13.2 Å². The summed E-state index contributed by atoms with van der Waals surface area (Å²) in [5.41, 5.74) is 2.85. The van der Waals surface area contributed by atoms with Crippen molar-refractivity contribution in [3.05, 3.63) is 53.6 Å². The highest BCUT2D eigenvalue weighted by molar-refractivity contribution is 7.89. The molecule has 0 aromatic heterocycles. The van der Waals surface area contributed by atoms with Gasteiger partial charge in [0.05, 0.1) is 4.90 Å². The SMILES string of the molecule is Bc1cc(C)ccc1C(=O)Nc1cccc(S(N)(=O)=O)c1. The topological polar surface area (TPSA) is 89.3 Å². The zero-order chi connectivity index (χ0) is 15.6. The van der Waals surface area contributed by atoms with Gasteiger partial charge in [-0.2, -0.15) is 0 Å². The van der Waals surface area contributed by atoms with Gasteiger partial charge in [-0.05, 0) is 31.2 Å². The number of benzene rings is 2. The average Bonchev–Trinajstić information content (AvgIpc) is 2.37. The number of nitrogens with one attached hydrogen (secondary N) is 1. The Kier molecular flexibility index (Phi) is 4.15. The monoisotopic (exact) mass is 302 g/mol. The van der Waals surface area contributed by atoms with E-state index in [9.17, 15) is 13.2 Å². The smallest absolute Gasteiger partial charge is 0.255 e. The lowest BCUT2D eigenvalue weighted by Crippen LogP contribution is -2.22. The molecule has 0 radical (unpaired) electrons. The van der Waals surface area contributed by atoms with Crippen LogP contribution in [0.15, 0.2) is 47.4 Å². The number of nitrogens with two attached hydrogens (primary N) is 1. The fourth-order valence-electron chi connectivity index (χ4n) is 2.02. The highest BCUT2D eigenvalue weighted by Crippen LogP contribution is 2.15. The molecular weight excluding hydrogens is 287 g/mol. The van der Waals surface area contributed by atoms with E-state index in [-0.39, 0.29) is 10.8 Å². The number of carbonyl (C=O) groups is 1. The van der Waals surface area contributed by atoms with Crippen LogP contribution in [0.5, 0.6) is 0 Å². The fourth-order valence-corrected chi connectivity index (χ4v) is 2.58. The van der Waals surface area contributed by atoms with Crippen molar-refractivity contribution in [1.82, 2.24) is 0 Å². The van der Waals surface area contributed by atoms with E-state index in [4.69, 9.17) is 5.14 Å². The fraction of sp³-hybridized carbons (Fsp3) is 0.0714. The second kappa shape index (κ2) is 5.71. The third kappa shape index (κ3) is 3.71. The number of rotatable bonds is 3. The Labute approximate surface area is 124 Å². The molecule has 108 valence electrons. The predicted octanol–water partition coefficient (Wildman–Crippen LogP) is 0.153. The van der Waals surface area contributed by atoms with Crippen molar-refractivity contribution in [3.8, 4) is 0 Å². The van der Waals surface area contributed by atoms with Crippen LogP contribution in [0.1, 0.15) is 15.9 Å². The van der Waals surface area contributed by atoms with Gasteiger partial charge in [0.2, 0.25) is 10.0 Å². The van der Waals surface area contributed by atoms with Gasteiger partial charge in [0.15, 0.2) is 0 Å². The summed E-state index contributed by atoms with van der Waals surface area (Å²) in [5.74, 6) is -0.293. The Bertz CT molecular complexity index is 804. The molecule has 0 aliphatic carbocycles. The van der Waals surface area contributed by atoms with E-state index in [0.717, 1.165) is 11.0 Å². The van der Waals surface area contributed by atoms with Crippen molar-refractivity contribution in [2.45, 2.75) is 11.8 Å². The van der Waals surface area contributed by atoms with Crippen molar-refractivity contribution in [3.63, 3.8) is 0 Å². The molecule has 1 amide bonds. The summed E-state index contributed by atoms with van der Waals surface area (Å²) in [6.45, 7) is 1.95. The zero-order valence-corrected chi connectivity index (χ0v) is 12.6. The molecule has 0 spiro atoms. The number of primary sulfonamides is 1. The molecule has 0 aliphatic heterocycles. The lowest BCUT2D eigenvalue weighted by atomic mass is 9.88. The van der Waals surface area contributed by atoms with Crippen LogP contribution in [-0.2, 0) is 10.0 Å². The van der Waals surface area contributed by atoms with E-state index < -0.39 is 10.0 Å². The van der Waals surface area contributed by atoms with Crippen LogP contribution in [0.2, 0.25) is 0 Å². The minimum absolute atomic E-state index is 0.0408. The Morgan fingerprint density at radius 3 is 2.52 bits per heavy atom. The first kappa shape index (κ1) is 15.3. The van der Waals surface area contributed by atoms with Gasteiger partial charge in [-0.25, -0.2) is 13.6 Å². The molecule has 0 heterocycles. The average molecular weight is 302 g/mol. The third-order valence-corrected chi connectivity index (χ3v) is 3.96. The molecule has 0 atom stereocenters. The van der Waals surface area contributed by atoms with Crippen LogP contribution in [0.4, 0.5) is 5.69 Å². The summed E-state index contributed by atoms with van der Waals surface area (Å²) in [6.07, 6.45) is 0. The van der Waals surface area contributed by atoms with Crippen LogP contribution in [0, 0.1) is 6.92 Å². The molecule has 7 heteroatoms. The second-order valence-electron chi connectivity index (χ2n) is 4.85. The van der Waals surface area contributed by atoms with Crippen molar-refractivity contribution in [1.29, 1.82) is 0 Å². The van der Waals surface area contributed by atoms with E-state index in [1.165, 1.54) is 18.2 Å². The van der Waals surface area contributed by atoms with Gasteiger partial charge in [-0.3, -0.25) is 4.79 Å². The zero-order valence-electron chi connectivity index (χ0n) is 11.8. The minimum Gasteiger partial charge on any atom is -0.322 e. The first-order chi connectivity index (χ1) is 9.77. The van der Waals surface area contributed by atoms with Gasteiger partial charge >= 0.3 is 0 Å². The lowest BCUT2D eigenvalue weighted by molar-refractivity contribution is 0.102. The largest absolute Gasteiger partial charge is 0.322 e. The van der Waals surface area contributed by atoms with Crippen LogP contribution >= 0.6 is 0 Å². The Balaban J connectivity index is 2.28. The number of hydrogen-bond donors (Lipinski definition) is 2. The number of aryl methyl sites for hydroxylation is 1. The molecule has 0 fully saturated rings. The first-order valence-corrected chi connectivity index (χ1v) is 7.83. The highest BCUT2D eigenvalue weighted by Gasteiger charge is 2.12. The number of amides is 1. The molecule has 2 aromatic carbocycles. The maximum Gasteiger partial charge on any atom is 0.255 e. The summed E-state index contributed by atoms with van der Waals surface area (Å²) in [7, 11) is -1.94. The first-order valence-electron chi connectivity index (χ1n) is 6.29. The number of carbonyl (C=O) groups excluding carboxylic acids is 1. The number of sulfonamides is 1. The predicted molar refractivity (Wildman–Crippen MR) is 85.1 cm³/mol. The molecule has 3 N–H and O–H groups in total.